The highest BCUT2D eigenvalue weighted by Crippen LogP contribution is 2.27. The van der Waals surface area contributed by atoms with Gasteiger partial charge in [0.25, 0.3) is 0 Å². The third-order valence-corrected chi connectivity index (χ3v) is 6.86. The first-order valence-electron chi connectivity index (χ1n) is 15.4. The molecule has 1 aliphatic heterocycles. The summed E-state index contributed by atoms with van der Waals surface area (Å²) in [5, 5.41) is 28.5. The third kappa shape index (κ3) is 17.4. The Morgan fingerprint density at radius 1 is 0.672 bits per heavy atom. The molecule has 4 N–H and O–H groups in total. The maximum atomic E-state index is 10.6. The Kier molecular flexibility index (Phi) is 18.0. The number of aliphatic carboxylic acids is 4. The van der Waals surface area contributed by atoms with Crippen molar-refractivity contribution in [3.63, 3.8) is 0 Å². The van der Waals surface area contributed by atoms with Crippen molar-refractivity contribution in [2.45, 2.75) is 44.2 Å². The van der Waals surface area contributed by atoms with Gasteiger partial charge in [0, 0.05) is 56.0 Å². The smallest absolute Gasteiger partial charge is 0.475 e. The fourth-order valence-electron chi connectivity index (χ4n) is 4.26. The topological polar surface area (TPSA) is 199 Å². The number of nitrogens with zero attached hydrogens (tertiary/aromatic N) is 6. The van der Waals surface area contributed by atoms with E-state index in [0.717, 1.165) is 60.2 Å². The van der Waals surface area contributed by atoms with Crippen molar-refractivity contribution >= 4 is 29.5 Å². The van der Waals surface area contributed by atoms with Crippen LogP contribution in [0.3, 0.4) is 0 Å². The SMILES string of the molecule is Cc1cccc(CN2CCN(C)C(c3cn4c(-c5ccncc5)cccc4n3)C2)n1.O=C(O)C(F)(F)F.O=C(O)C(F)(F)F.O=C(O)C(F)(F)F.O=C(O)C(F)(F)F. The molecule has 0 spiro atoms. The van der Waals surface area contributed by atoms with Crippen LogP contribution < -0.4 is 0 Å². The molecule has 5 heterocycles. The Hall–Kier alpha value is -6.05. The van der Waals surface area contributed by atoms with Crippen LogP contribution in [0, 0.1) is 6.92 Å². The van der Waals surface area contributed by atoms with Gasteiger partial charge >= 0.3 is 48.6 Å². The number of carboxylic acids is 4. The quantitative estimate of drug-likeness (QED) is 0.172. The van der Waals surface area contributed by atoms with Crippen LogP contribution >= 0.6 is 0 Å². The van der Waals surface area contributed by atoms with Crippen LogP contribution in [0.5, 0.6) is 0 Å². The van der Waals surface area contributed by atoms with Gasteiger partial charge in [-0.15, -0.1) is 0 Å². The zero-order chi connectivity index (χ0) is 44.8. The van der Waals surface area contributed by atoms with Gasteiger partial charge in [-0.05, 0) is 50.4 Å². The van der Waals surface area contributed by atoms with Gasteiger partial charge < -0.3 is 20.4 Å². The summed E-state index contributed by atoms with van der Waals surface area (Å²) in [4.78, 5) is 54.3. The number of likely N-dealkylation sites (N-methyl/N-ethyl adjacent to an activating group) is 1. The van der Waals surface area contributed by atoms with Gasteiger partial charge in [-0.2, -0.15) is 52.7 Å². The van der Waals surface area contributed by atoms with Crippen molar-refractivity contribution in [3.8, 4) is 11.3 Å². The second kappa shape index (κ2) is 20.9. The molecule has 1 saturated heterocycles. The molecule has 1 unspecified atom stereocenters. The molecule has 5 rings (SSSR count). The van der Waals surface area contributed by atoms with E-state index >= 15 is 0 Å². The molecule has 320 valence electrons. The molecule has 1 atom stereocenters. The second-order valence-electron chi connectivity index (χ2n) is 11.3. The van der Waals surface area contributed by atoms with Crippen LogP contribution in [-0.4, -0.2) is 125 Å². The molecule has 14 nitrogen and oxygen atoms in total. The number of halogens is 12. The summed E-state index contributed by atoms with van der Waals surface area (Å²) in [7, 11) is 2.20. The maximum Gasteiger partial charge on any atom is 0.490 e. The highest BCUT2D eigenvalue weighted by atomic mass is 19.4. The van der Waals surface area contributed by atoms with Gasteiger partial charge in [0.15, 0.2) is 0 Å². The minimum atomic E-state index is -5.08. The van der Waals surface area contributed by atoms with Crippen molar-refractivity contribution in [2.24, 2.45) is 0 Å². The summed E-state index contributed by atoms with van der Waals surface area (Å²) in [6.45, 7) is 5.93. The van der Waals surface area contributed by atoms with Crippen molar-refractivity contribution in [1.29, 1.82) is 0 Å². The second-order valence-corrected chi connectivity index (χ2v) is 11.3. The monoisotopic (exact) mass is 854 g/mol. The Balaban J connectivity index is 0.000000489. The van der Waals surface area contributed by atoms with Crippen molar-refractivity contribution in [2.75, 3.05) is 26.7 Å². The van der Waals surface area contributed by atoms with E-state index in [2.05, 4.69) is 67.7 Å². The average molecular weight is 855 g/mol. The largest absolute Gasteiger partial charge is 0.490 e. The molecular formula is C32H30F12N6O8. The van der Waals surface area contributed by atoms with Crippen LogP contribution in [0.25, 0.3) is 16.9 Å². The van der Waals surface area contributed by atoms with Gasteiger partial charge in [-0.1, -0.05) is 12.1 Å². The van der Waals surface area contributed by atoms with Gasteiger partial charge in [0.05, 0.1) is 23.1 Å². The fraction of sp³-hybridized carbons (Fsp3) is 0.344. The van der Waals surface area contributed by atoms with E-state index in [-0.39, 0.29) is 6.04 Å². The van der Waals surface area contributed by atoms with Crippen LogP contribution in [0.15, 0.2) is 67.1 Å². The fourth-order valence-corrected chi connectivity index (χ4v) is 4.26. The van der Waals surface area contributed by atoms with E-state index in [1.807, 2.05) is 37.5 Å². The van der Waals surface area contributed by atoms with Gasteiger partial charge in [0.2, 0.25) is 0 Å². The summed E-state index contributed by atoms with van der Waals surface area (Å²) >= 11 is 0. The molecule has 0 bridgehead atoms. The zero-order valence-corrected chi connectivity index (χ0v) is 29.4. The molecule has 0 radical (unpaired) electrons. The number of hydrogen-bond acceptors (Lipinski definition) is 9. The standard InChI is InChI=1S/C24H26N6.4C2HF3O2/c1-18-5-3-6-20(26-18)15-29-14-13-28(2)23(17-29)21-16-30-22(7-4-8-24(30)27-21)19-9-11-25-12-10-19;4*3-2(4,5)1(6)7/h3-12,16,23H,13-15,17H2,1-2H3;4*(H,6,7). The third-order valence-electron chi connectivity index (χ3n) is 6.86. The summed E-state index contributed by atoms with van der Waals surface area (Å²) in [6.07, 6.45) is -14.5. The average Bonchev–Trinajstić information content (AvgIpc) is 3.53. The Morgan fingerprint density at radius 3 is 1.55 bits per heavy atom. The molecule has 0 saturated carbocycles. The number of aromatic nitrogens is 4. The lowest BCUT2D eigenvalue weighted by Crippen LogP contribution is -2.46. The molecule has 1 aliphatic rings. The first kappa shape index (κ1) is 50.0. The van der Waals surface area contributed by atoms with Crippen molar-refractivity contribution in [3.05, 3.63) is 84.2 Å². The molecular weight excluding hydrogens is 824 g/mol. The van der Waals surface area contributed by atoms with E-state index in [1.165, 1.54) is 0 Å². The van der Waals surface area contributed by atoms with Crippen LogP contribution in [0.4, 0.5) is 52.7 Å². The lowest BCUT2D eigenvalue weighted by molar-refractivity contribution is -0.193. The summed E-state index contributed by atoms with van der Waals surface area (Å²) in [6, 6.07) is 16.9. The molecule has 0 aliphatic carbocycles. The zero-order valence-electron chi connectivity index (χ0n) is 29.4. The minimum Gasteiger partial charge on any atom is -0.475 e. The minimum absolute atomic E-state index is 0.258. The summed E-state index contributed by atoms with van der Waals surface area (Å²) < 4.78 is 129. The highest BCUT2D eigenvalue weighted by Gasteiger charge is 2.40. The molecule has 58 heavy (non-hydrogen) atoms. The summed E-state index contributed by atoms with van der Waals surface area (Å²) in [5.41, 5.74) is 6.57. The number of alkyl halides is 12. The number of piperazine rings is 1. The maximum absolute atomic E-state index is 10.6. The molecule has 0 amide bonds. The highest BCUT2D eigenvalue weighted by molar-refractivity contribution is 5.74. The number of aryl methyl sites for hydroxylation is 1. The normalized spacial score (nSPS) is 14.8. The van der Waals surface area contributed by atoms with Crippen molar-refractivity contribution < 1.29 is 92.3 Å². The first-order chi connectivity index (χ1) is 26.4. The van der Waals surface area contributed by atoms with Gasteiger partial charge in [-0.25, -0.2) is 24.2 Å². The number of carbonyl (C=O) groups is 4. The molecule has 26 heteroatoms. The van der Waals surface area contributed by atoms with E-state index < -0.39 is 48.6 Å². The predicted octanol–water partition coefficient (Wildman–Crippen LogP) is 6.12. The van der Waals surface area contributed by atoms with E-state index in [4.69, 9.17) is 44.6 Å². The number of fused-ring (bicyclic) bond motifs is 1. The molecule has 1 fully saturated rings. The van der Waals surface area contributed by atoms with Crippen molar-refractivity contribution in [1.82, 2.24) is 29.2 Å². The van der Waals surface area contributed by atoms with Crippen LogP contribution in [0.1, 0.15) is 23.1 Å². The first-order valence-corrected chi connectivity index (χ1v) is 15.4. The molecule has 4 aromatic rings. The lowest BCUT2D eigenvalue weighted by Gasteiger charge is -2.38. The summed E-state index contributed by atoms with van der Waals surface area (Å²) in [5.74, 6) is -11.0. The number of pyridine rings is 3. The van der Waals surface area contributed by atoms with E-state index in [0.29, 0.717) is 0 Å². The number of imidazole rings is 1. The Labute approximate surface area is 317 Å². The lowest BCUT2D eigenvalue weighted by atomic mass is 10.1. The molecule has 0 aromatic carbocycles. The Morgan fingerprint density at radius 2 is 1.12 bits per heavy atom. The Bertz CT molecular complexity index is 1870. The van der Waals surface area contributed by atoms with Gasteiger partial charge in [0.1, 0.15) is 5.65 Å². The molecule has 4 aromatic heterocycles. The predicted molar refractivity (Wildman–Crippen MR) is 173 cm³/mol. The number of carboxylic acid groups (broad SMARTS) is 4. The van der Waals surface area contributed by atoms with Gasteiger partial charge in [-0.3, -0.25) is 24.2 Å². The van der Waals surface area contributed by atoms with Crippen LogP contribution in [-0.2, 0) is 25.7 Å². The van der Waals surface area contributed by atoms with E-state index in [9.17, 15) is 52.7 Å². The van der Waals surface area contributed by atoms with Crippen LogP contribution in [0.2, 0.25) is 0 Å². The number of hydrogen-bond donors (Lipinski definition) is 4. The number of rotatable bonds is 4. The van der Waals surface area contributed by atoms with E-state index in [1.54, 1.807) is 0 Å².